The molecule has 156 valence electrons. The second-order valence-electron chi connectivity index (χ2n) is 7.87. The van der Waals surface area contributed by atoms with Crippen molar-refractivity contribution in [2.45, 2.75) is 38.5 Å². The number of amides is 1. The summed E-state index contributed by atoms with van der Waals surface area (Å²) < 4.78 is 42.0. The van der Waals surface area contributed by atoms with Gasteiger partial charge in [-0.3, -0.25) is 4.79 Å². The van der Waals surface area contributed by atoms with E-state index in [2.05, 4.69) is 5.32 Å². The second-order valence-corrected chi connectivity index (χ2v) is 9.81. The zero-order valence-electron chi connectivity index (χ0n) is 17.0. The molecule has 1 heterocycles. The van der Waals surface area contributed by atoms with Crippen molar-refractivity contribution in [2.24, 2.45) is 11.8 Å². The summed E-state index contributed by atoms with van der Waals surface area (Å²) in [5.74, 6) is -0.916. The van der Waals surface area contributed by atoms with Gasteiger partial charge in [-0.25, -0.2) is 12.8 Å². The summed E-state index contributed by atoms with van der Waals surface area (Å²) in [5.41, 5.74) is 1.22. The van der Waals surface area contributed by atoms with E-state index in [1.165, 1.54) is 10.4 Å². The molecule has 1 fully saturated rings. The van der Waals surface area contributed by atoms with Gasteiger partial charge in [-0.2, -0.15) is 4.31 Å². The standard InChI is InChI=1S/C22H27FN2O3S/c1-4-17-7-5-6-8-21(17)24-22(26)19-12-18(9-10-20(19)23)29(27,28)25-13-15(2)11-16(3)14-25/h5-10,12,15-16H,4,11,13-14H2,1-3H3,(H,24,26). The van der Waals surface area contributed by atoms with Crippen molar-refractivity contribution in [2.75, 3.05) is 18.4 Å². The number of para-hydroxylation sites is 1. The van der Waals surface area contributed by atoms with E-state index in [1.807, 2.05) is 32.9 Å². The third-order valence-corrected chi connectivity index (χ3v) is 7.13. The SMILES string of the molecule is CCc1ccccc1NC(=O)c1cc(S(=O)(=O)N2CC(C)CC(C)C2)ccc1F. The fourth-order valence-corrected chi connectivity index (χ4v) is 5.64. The maximum atomic E-state index is 14.4. The van der Waals surface area contributed by atoms with Gasteiger partial charge in [-0.1, -0.05) is 39.0 Å². The lowest BCUT2D eigenvalue weighted by Gasteiger charge is -2.34. The molecule has 0 saturated carbocycles. The molecule has 0 aromatic heterocycles. The van der Waals surface area contributed by atoms with Gasteiger partial charge >= 0.3 is 0 Å². The number of aryl methyl sites for hydroxylation is 1. The average Bonchev–Trinajstić information content (AvgIpc) is 2.67. The van der Waals surface area contributed by atoms with Gasteiger partial charge < -0.3 is 5.32 Å². The molecule has 1 aliphatic heterocycles. The van der Waals surface area contributed by atoms with Gasteiger partial charge in [-0.05, 0) is 54.5 Å². The number of nitrogens with zero attached hydrogens (tertiary/aromatic N) is 1. The largest absolute Gasteiger partial charge is 0.322 e. The summed E-state index contributed by atoms with van der Waals surface area (Å²) in [5, 5.41) is 2.70. The van der Waals surface area contributed by atoms with E-state index in [0.717, 1.165) is 24.1 Å². The summed E-state index contributed by atoms with van der Waals surface area (Å²) in [6, 6.07) is 10.7. The zero-order valence-corrected chi connectivity index (χ0v) is 17.8. The Hall–Kier alpha value is -2.25. The minimum absolute atomic E-state index is 0.0610. The summed E-state index contributed by atoms with van der Waals surface area (Å²) in [6.07, 6.45) is 1.68. The number of rotatable bonds is 5. The summed E-state index contributed by atoms with van der Waals surface area (Å²) in [6.45, 7) is 6.85. The smallest absolute Gasteiger partial charge is 0.258 e. The molecule has 0 aliphatic carbocycles. The molecule has 5 nitrogen and oxygen atoms in total. The first kappa shape index (κ1) is 21.5. The van der Waals surface area contributed by atoms with Gasteiger partial charge in [0, 0.05) is 18.8 Å². The van der Waals surface area contributed by atoms with Crippen LogP contribution in [0.3, 0.4) is 0 Å². The van der Waals surface area contributed by atoms with Gasteiger partial charge in [0.15, 0.2) is 0 Å². The van der Waals surface area contributed by atoms with Crippen LogP contribution in [-0.4, -0.2) is 31.7 Å². The van der Waals surface area contributed by atoms with Crippen molar-refractivity contribution >= 4 is 21.6 Å². The number of anilines is 1. The summed E-state index contributed by atoms with van der Waals surface area (Å²) >= 11 is 0. The number of halogens is 1. The fraction of sp³-hybridized carbons (Fsp3) is 0.409. The molecular weight excluding hydrogens is 391 g/mol. The molecule has 3 rings (SSSR count). The van der Waals surface area contributed by atoms with E-state index >= 15 is 0 Å². The first-order valence-corrected chi connectivity index (χ1v) is 11.3. The number of piperidine rings is 1. The van der Waals surface area contributed by atoms with E-state index in [4.69, 9.17) is 0 Å². The van der Waals surface area contributed by atoms with E-state index in [-0.39, 0.29) is 22.3 Å². The Bertz CT molecular complexity index is 997. The number of carbonyl (C=O) groups excluding carboxylic acids is 1. The number of hydrogen-bond donors (Lipinski definition) is 1. The number of carbonyl (C=O) groups is 1. The van der Waals surface area contributed by atoms with Crippen LogP contribution in [-0.2, 0) is 16.4 Å². The lowest BCUT2D eigenvalue weighted by Crippen LogP contribution is -2.42. The van der Waals surface area contributed by atoms with Crippen molar-refractivity contribution in [3.8, 4) is 0 Å². The summed E-state index contributed by atoms with van der Waals surface area (Å²) in [7, 11) is -3.80. The van der Waals surface area contributed by atoms with Gasteiger partial charge in [0.05, 0.1) is 10.5 Å². The van der Waals surface area contributed by atoms with Crippen molar-refractivity contribution in [3.05, 3.63) is 59.4 Å². The number of benzene rings is 2. The molecule has 0 bridgehead atoms. The van der Waals surface area contributed by atoms with E-state index in [1.54, 1.807) is 12.1 Å². The highest BCUT2D eigenvalue weighted by atomic mass is 32.2. The molecule has 1 aliphatic rings. The van der Waals surface area contributed by atoms with Crippen molar-refractivity contribution in [1.82, 2.24) is 4.31 Å². The molecule has 0 radical (unpaired) electrons. The van der Waals surface area contributed by atoms with E-state index < -0.39 is 21.7 Å². The Morgan fingerprint density at radius 1 is 1.14 bits per heavy atom. The maximum absolute atomic E-state index is 14.4. The molecule has 2 aromatic carbocycles. The summed E-state index contributed by atoms with van der Waals surface area (Å²) in [4.78, 5) is 12.6. The van der Waals surface area contributed by atoms with Crippen LogP contribution in [0.25, 0.3) is 0 Å². The molecule has 2 aromatic rings. The Kier molecular flexibility index (Phi) is 6.39. The van der Waals surface area contributed by atoms with Crippen molar-refractivity contribution in [1.29, 1.82) is 0 Å². The molecule has 7 heteroatoms. The predicted molar refractivity (Wildman–Crippen MR) is 112 cm³/mol. The number of nitrogens with one attached hydrogen (secondary N) is 1. The van der Waals surface area contributed by atoms with Gasteiger partial charge in [0.1, 0.15) is 5.82 Å². The highest BCUT2D eigenvalue weighted by molar-refractivity contribution is 7.89. The Morgan fingerprint density at radius 3 is 2.45 bits per heavy atom. The molecule has 1 N–H and O–H groups in total. The minimum atomic E-state index is -3.80. The quantitative estimate of drug-likeness (QED) is 0.787. The van der Waals surface area contributed by atoms with Crippen LogP contribution < -0.4 is 5.32 Å². The van der Waals surface area contributed by atoms with Crippen LogP contribution in [0.4, 0.5) is 10.1 Å². The van der Waals surface area contributed by atoms with Crippen LogP contribution in [0.5, 0.6) is 0 Å². The topological polar surface area (TPSA) is 66.5 Å². The Labute approximate surface area is 172 Å². The number of sulfonamides is 1. The van der Waals surface area contributed by atoms with Crippen molar-refractivity contribution in [3.63, 3.8) is 0 Å². The zero-order chi connectivity index (χ0) is 21.2. The Morgan fingerprint density at radius 2 is 1.79 bits per heavy atom. The second kappa shape index (κ2) is 8.63. The molecule has 0 spiro atoms. The van der Waals surface area contributed by atoms with Crippen LogP contribution in [0.15, 0.2) is 47.4 Å². The molecular formula is C22H27FN2O3S. The maximum Gasteiger partial charge on any atom is 0.258 e. The molecule has 1 saturated heterocycles. The molecule has 1 amide bonds. The highest BCUT2D eigenvalue weighted by Crippen LogP contribution is 2.28. The molecule has 2 atom stereocenters. The van der Waals surface area contributed by atoms with Crippen molar-refractivity contribution < 1.29 is 17.6 Å². The van der Waals surface area contributed by atoms with Crippen LogP contribution in [0.2, 0.25) is 0 Å². The minimum Gasteiger partial charge on any atom is -0.322 e. The van der Waals surface area contributed by atoms with Gasteiger partial charge in [0.2, 0.25) is 10.0 Å². The van der Waals surface area contributed by atoms with E-state index in [9.17, 15) is 17.6 Å². The van der Waals surface area contributed by atoms with Gasteiger partial charge in [-0.15, -0.1) is 0 Å². The van der Waals surface area contributed by atoms with Gasteiger partial charge in [0.25, 0.3) is 5.91 Å². The number of hydrogen-bond acceptors (Lipinski definition) is 3. The van der Waals surface area contributed by atoms with E-state index in [0.29, 0.717) is 25.2 Å². The highest BCUT2D eigenvalue weighted by Gasteiger charge is 2.32. The lowest BCUT2D eigenvalue weighted by molar-refractivity contribution is 0.102. The average molecular weight is 419 g/mol. The Balaban J connectivity index is 1.90. The third kappa shape index (κ3) is 4.67. The first-order valence-electron chi connectivity index (χ1n) is 9.91. The molecule has 29 heavy (non-hydrogen) atoms. The monoisotopic (exact) mass is 418 g/mol. The third-order valence-electron chi connectivity index (χ3n) is 5.30. The normalized spacial score (nSPS) is 20.4. The van der Waals surface area contributed by atoms with Crippen LogP contribution in [0, 0.1) is 17.7 Å². The van der Waals surface area contributed by atoms with Crippen LogP contribution in [0.1, 0.15) is 43.1 Å². The van der Waals surface area contributed by atoms with Crippen LogP contribution >= 0.6 is 0 Å². The lowest BCUT2D eigenvalue weighted by atomic mass is 9.94. The fourth-order valence-electron chi connectivity index (χ4n) is 3.93. The predicted octanol–water partition coefficient (Wildman–Crippen LogP) is 4.31. The molecule has 2 unspecified atom stereocenters. The first-order chi connectivity index (χ1) is 13.7.